The van der Waals surface area contributed by atoms with E-state index in [0.717, 1.165) is 22.3 Å². The summed E-state index contributed by atoms with van der Waals surface area (Å²) in [5.41, 5.74) is 2.16. The van der Waals surface area contributed by atoms with Crippen LogP contribution >= 0.6 is 12.6 Å². The first-order valence-corrected chi connectivity index (χ1v) is 4.02. The van der Waals surface area contributed by atoms with Crippen molar-refractivity contribution in [3.05, 3.63) is 28.6 Å². The van der Waals surface area contributed by atoms with Crippen LogP contribution in [0.4, 0.5) is 0 Å². The van der Waals surface area contributed by atoms with Gasteiger partial charge in [0.25, 0.3) is 5.03 Å². The fourth-order valence-electron chi connectivity index (χ4n) is 1.10. The number of hydrogen-bond donors (Lipinski definition) is 1. The fraction of sp³-hybridized carbons (Fsp3) is 0.375. The predicted octanol–water partition coefficient (Wildman–Crippen LogP) is 1.48. The molecule has 1 aromatic heterocycles. The van der Waals surface area contributed by atoms with E-state index in [4.69, 9.17) is 0 Å². The van der Waals surface area contributed by atoms with Crippen LogP contribution in [0, 0.1) is 12.1 Å². The zero-order chi connectivity index (χ0) is 8.43. The number of nitrogens with zero attached hydrogens (tertiary/aromatic N) is 1. The quantitative estimate of drug-likeness (QED) is 0.385. The van der Waals surface area contributed by atoms with Crippen LogP contribution in [0.2, 0.25) is 0 Å². The molecule has 0 aliphatic heterocycles. The first kappa shape index (κ1) is 8.40. The lowest BCUT2D eigenvalue weighted by atomic mass is 10.1. The molecule has 0 spiro atoms. The summed E-state index contributed by atoms with van der Waals surface area (Å²) >= 11 is 4.11. The van der Waals surface area contributed by atoms with Crippen molar-refractivity contribution >= 4 is 12.6 Å². The molecule has 0 aliphatic rings. The Morgan fingerprint density at radius 2 is 2.27 bits per heavy atom. The van der Waals surface area contributed by atoms with Crippen molar-refractivity contribution in [1.29, 1.82) is 0 Å². The van der Waals surface area contributed by atoms with Crippen molar-refractivity contribution in [2.24, 2.45) is 0 Å². The first-order valence-electron chi connectivity index (χ1n) is 3.57. The molecule has 0 saturated carbocycles. The highest BCUT2D eigenvalue weighted by Crippen LogP contribution is 2.13. The molecule has 0 amide bonds. The number of aromatic nitrogens is 1. The molecule has 0 aliphatic carbocycles. The Morgan fingerprint density at radius 1 is 1.64 bits per heavy atom. The molecule has 0 unspecified atom stereocenters. The van der Waals surface area contributed by atoms with E-state index in [1.807, 2.05) is 19.9 Å². The third-order valence-corrected chi connectivity index (χ3v) is 2.24. The number of rotatable bonds is 1. The standard InChI is InChI=1S/C8H11NOS/c1-3-7-6(2)4-5-9(10)8(7)11/h4-5,11H,3H2,1-2H3. The Balaban J connectivity index is 3.29. The summed E-state index contributed by atoms with van der Waals surface area (Å²) in [5.74, 6) is 0. The fourth-order valence-corrected chi connectivity index (χ4v) is 1.50. The minimum Gasteiger partial charge on any atom is -0.618 e. The summed E-state index contributed by atoms with van der Waals surface area (Å²) in [5, 5.41) is 11.5. The molecule has 0 atom stereocenters. The molecule has 0 radical (unpaired) electrons. The molecule has 0 aromatic carbocycles. The first-order chi connectivity index (χ1) is 5.16. The molecule has 3 heteroatoms. The number of thiol groups is 1. The van der Waals surface area contributed by atoms with Crippen molar-refractivity contribution in [2.45, 2.75) is 25.3 Å². The molecule has 0 saturated heterocycles. The van der Waals surface area contributed by atoms with Gasteiger partial charge in [0.05, 0.1) is 0 Å². The molecule has 60 valence electrons. The molecule has 0 bridgehead atoms. The third kappa shape index (κ3) is 1.48. The van der Waals surface area contributed by atoms with Crippen LogP contribution in [0.5, 0.6) is 0 Å². The van der Waals surface area contributed by atoms with Gasteiger partial charge in [-0.05, 0) is 18.9 Å². The molecule has 1 rings (SSSR count). The topological polar surface area (TPSA) is 26.9 Å². The van der Waals surface area contributed by atoms with Crippen LogP contribution in [-0.4, -0.2) is 0 Å². The highest BCUT2D eigenvalue weighted by Gasteiger charge is 2.08. The maximum Gasteiger partial charge on any atom is 0.251 e. The maximum absolute atomic E-state index is 11.0. The second-order valence-electron chi connectivity index (χ2n) is 2.48. The molecule has 1 heterocycles. The Morgan fingerprint density at radius 3 is 2.73 bits per heavy atom. The van der Waals surface area contributed by atoms with E-state index < -0.39 is 0 Å². The monoisotopic (exact) mass is 169 g/mol. The van der Waals surface area contributed by atoms with Crippen molar-refractivity contribution < 1.29 is 4.73 Å². The lowest BCUT2D eigenvalue weighted by Crippen LogP contribution is -2.29. The Bertz CT molecular complexity index is 273. The van der Waals surface area contributed by atoms with E-state index in [-0.39, 0.29) is 0 Å². The summed E-state index contributed by atoms with van der Waals surface area (Å²) in [6.07, 6.45) is 2.34. The summed E-state index contributed by atoms with van der Waals surface area (Å²) < 4.78 is 0.787. The second-order valence-corrected chi connectivity index (χ2v) is 2.90. The van der Waals surface area contributed by atoms with Crippen LogP contribution in [-0.2, 0) is 6.42 Å². The molecule has 0 N–H and O–H groups in total. The van der Waals surface area contributed by atoms with Crippen molar-refractivity contribution in [2.75, 3.05) is 0 Å². The van der Waals surface area contributed by atoms with Crippen LogP contribution in [0.25, 0.3) is 0 Å². The van der Waals surface area contributed by atoms with Gasteiger partial charge in [-0.15, -0.1) is 0 Å². The van der Waals surface area contributed by atoms with Crippen molar-refractivity contribution in [1.82, 2.24) is 0 Å². The summed E-state index contributed by atoms with van der Waals surface area (Å²) in [6.45, 7) is 4.00. The largest absolute Gasteiger partial charge is 0.618 e. The third-order valence-electron chi connectivity index (χ3n) is 1.77. The molecule has 0 fully saturated rings. The van der Waals surface area contributed by atoms with E-state index in [0.29, 0.717) is 5.03 Å². The zero-order valence-electron chi connectivity index (χ0n) is 6.66. The van der Waals surface area contributed by atoms with E-state index in [2.05, 4.69) is 12.6 Å². The maximum atomic E-state index is 11.0. The molecule has 1 aromatic rings. The van der Waals surface area contributed by atoms with Gasteiger partial charge in [0.1, 0.15) is 0 Å². The SMILES string of the molecule is CCc1c(C)cc[n+]([O-])c1S. The van der Waals surface area contributed by atoms with Crippen LogP contribution in [0.3, 0.4) is 0 Å². The van der Waals surface area contributed by atoms with Gasteiger partial charge in [-0.1, -0.05) is 19.6 Å². The minimum absolute atomic E-state index is 0.521. The Kier molecular flexibility index (Phi) is 2.39. The summed E-state index contributed by atoms with van der Waals surface area (Å²) in [4.78, 5) is 0. The normalized spacial score (nSPS) is 10.1. The molecule has 2 nitrogen and oxygen atoms in total. The highest BCUT2D eigenvalue weighted by molar-refractivity contribution is 7.80. The van der Waals surface area contributed by atoms with Crippen LogP contribution in [0.1, 0.15) is 18.1 Å². The van der Waals surface area contributed by atoms with E-state index in [1.54, 1.807) is 0 Å². The zero-order valence-corrected chi connectivity index (χ0v) is 7.56. The van der Waals surface area contributed by atoms with Gasteiger partial charge in [-0.2, -0.15) is 4.73 Å². The Labute approximate surface area is 71.9 Å². The van der Waals surface area contributed by atoms with Gasteiger partial charge in [0.2, 0.25) is 0 Å². The molecular weight excluding hydrogens is 158 g/mol. The smallest absolute Gasteiger partial charge is 0.251 e. The number of hydrogen-bond acceptors (Lipinski definition) is 2. The van der Waals surface area contributed by atoms with Crippen LogP contribution < -0.4 is 4.73 Å². The predicted molar refractivity (Wildman–Crippen MR) is 46.8 cm³/mol. The lowest BCUT2D eigenvalue weighted by Gasteiger charge is -2.05. The molecular formula is C8H11NOS. The average Bonchev–Trinajstić information content (AvgIpc) is 1.99. The van der Waals surface area contributed by atoms with Gasteiger partial charge in [0.15, 0.2) is 6.20 Å². The van der Waals surface area contributed by atoms with Gasteiger partial charge in [-0.25, -0.2) is 0 Å². The van der Waals surface area contributed by atoms with E-state index in [1.165, 1.54) is 6.20 Å². The molecule has 11 heavy (non-hydrogen) atoms. The van der Waals surface area contributed by atoms with Gasteiger partial charge < -0.3 is 5.21 Å². The van der Waals surface area contributed by atoms with Gasteiger partial charge in [0, 0.05) is 11.6 Å². The van der Waals surface area contributed by atoms with Gasteiger partial charge in [-0.3, -0.25) is 0 Å². The number of aryl methyl sites for hydroxylation is 1. The summed E-state index contributed by atoms with van der Waals surface area (Å²) in [7, 11) is 0. The lowest BCUT2D eigenvalue weighted by molar-refractivity contribution is -0.645. The second kappa shape index (κ2) is 3.13. The van der Waals surface area contributed by atoms with Crippen molar-refractivity contribution in [3.8, 4) is 0 Å². The summed E-state index contributed by atoms with van der Waals surface area (Å²) in [6, 6.07) is 1.81. The van der Waals surface area contributed by atoms with E-state index in [9.17, 15) is 5.21 Å². The van der Waals surface area contributed by atoms with Crippen LogP contribution in [0.15, 0.2) is 17.3 Å². The van der Waals surface area contributed by atoms with Crippen molar-refractivity contribution in [3.63, 3.8) is 0 Å². The van der Waals surface area contributed by atoms with E-state index >= 15 is 0 Å². The minimum atomic E-state index is 0.521. The average molecular weight is 169 g/mol. The Hall–Kier alpha value is -0.700. The van der Waals surface area contributed by atoms with Gasteiger partial charge >= 0.3 is 0 Å². The number of pyridine rings is 1. The highest BCUT2D eigenvalue weighted by atomic mass is 32.1.